The van der Waals surface area contributed by atoms with Crippen molar-refractivity contribution >= 4 is 0 Å². The lowest BCUT2D eigenvalue weighted by atomic mass is 10.0. The second-order valence-corrected chi connectivity index (χ2v) is 4.43. The predicted molar refractivity (Wildman–Crippen MR) is 73.8 cm³/mol. The molecule has 1 aromatic rings. The van der Waals surface area contributed by atoms with Crippen LogP contribution in [0.1, 0.15) is 25.5 Å². The molecule has 106 valence electrons. The van der Waals surface area contributed by atoms with Gasteiger partial charge in [0.1, 0.15) is 0 Å². The van der Waals surface area contributed by atoms with Gasteiger partial charge >= 0.3 is 0 Å². The van der Waals surface area contributed by atoms with Crippen LogP contribution in [0.15, 0.2) is 12.1 Å². The van der Waals surface area contributed by atoms with Gasteiger partial charge in [-0.1, -0.05) is 13.8 Å². The first-order chi connectivity index (χ1) is 9.24. The van der Waals surface area contributed by atoms with Gasteiger partial charge in [-0.05, 0) is 30.8 Å². The van der Waals surface area contributed by atoms with E-state index in [0.29, 0.717) is 18.0 Å². The zero-order chi connectivity index (χ0) is 13.8. The lowest BCUT2D eigenvalue weighted by Gasteiger charge is -2.29. The van der Waals surface area contributed by atoms with Crippen LogP contribution in [0, 0.1) is 0 Å². The lowest BCUT2D eigenvalue weighted by molar-refractivity contribution is 0.171. The number of rotatable bonds is 6. The molecule has 0 aromatic heterocycles. The Morgan fingerprint density at radius 1 is 1.32 bits per heavy atom. The Hall–Kier alpha value is -1.46. The monoisotopic (exact) mass is 266 g/mol. The van der Waals surface area contributed by atoms with Crippen LogP contribution in [-0.4, -0.2) is 38.4 Å². The van der Waals surface area contributed by atoms with E-state index < -0.39 is 0 Å². The maximum absolute atomic E-state index is 5.94. The minimum Gasteiger partial charge on any atom is -0.493 e. The van der Waals surface area contributed by atoms with Gasteiger partial charge in [0.25, 0.3) is 0 Å². The molecule has 0 bridgehead atoms. The highest BCUT2D eigenvalue weighted by molar-refractivity contribution is 5.55. The molecule has 0 spiro atoms. The number of likely N-dealkylation sites (N-methyl/N-ethyl adjacent to an activating group) is 1. The zero-order valence-electron chi connectivity index (χ0n) is 11.8. The molecule has 1 aliphatic rings. The first-order valence-electron chi connectivity index (χ1n) is 6.66. The third-order valence-corrected chi connectivity index (χ3v) is 3.54. The molecule has 1 heterocycles. The van der Waals surface area contributed by atoms with Crippen LogP contribution in [0.25, 0.3) is 0 Å². The van der Waals surface area contributed by atoms with E-state index in [0.717, 1.165) is 24.4 Å². The smallest absolute Gasteiger partial charge is 0.231 e. The topological polar surface area (TPSA) is 57.0 Å². The van der Waals surface area contributed by atoms with Crippen LogP contribution < -0.4 is 19.9 Å². The molecule has 5 heteroatoms. The summed E-state index contributed by atoms with van der Waals surface area (Å²) in [4.78, 5) is 2.32. The molecule has 19 heavy (non-hydrogen) atoms. The number of hydrogen-bond acceptors (Lipinski definition) is 5. The minimum atomic E-state index is 0.165. The molecule has 0 saturated heterocycles. The standard InChI is InChI=1S/C14H22N2O3/c1-4-16(5-2)11(8-15)10-6-12(17-3)14-13(7-10)18-9-19-14/h6-7,11H,4-5,8-9,15H2,1-3H3. The average Bonchev–Trinajstić information content (AvgIpc) is 2.91. The van der Waals surface area contributed by atoms with Crippen LogP contribution in [0.5, 0.6) is 17.2 Å². The van der Waals surface area contributed by atoms with Crippen molar-refractivity contribution in [3.8, 4) is 17.2 Å². The summed E-state index contributed by atoms with van der Waals surface area (Å²) in [6.07, 6.45) is 0. The van der Waals surface area contributed by atoms with Gasteiger partial charge in [-0.15, -0.1) is 0 Å². The first kappa shape index (κ1) is 14.0. The minimum absolute atomic E-state index is 0.165. The van der Waals surface area contributed by atoms with Crippen LogP contribution in [0.3, 0.4) is 0 Å². The zero-order valence-corrected chi connectivity index (χ0v) is 11.8. The van der Waals surface area contributed by atoms with Gasteiger partial charge in [0.15, 0.2) is 11.5 Å². The van der Waals surface area contributed by atoms with Crippen LogP contribution >= 0.6 is 0 Å². The Morgan fingerprint density at radius 3 is 2.63 bits per heavy atom. The lowest BCUT2D eigenvalue weighted by Crippen LogP contribution is -2.33. The summed E-state index contributed by atoms with van der Waals surface area (Å²) < 4.78 is 16.2. The maximum atomic E-state index is 5.94. The fourth-order valence-corrected chi connectivity index (χ4v) is 2.50. The summed E-state index contributed by atoms with van der Waals surface area (Å²) in [5.41, 5.74) is 7.04. The second kappa shape index (κ2) is 6.12. The maximum Gasteiger partial charge on any atom is 0.231 e. The third-order valence-electron chi connectivity index (χ3n) is 3.54. The van der Waals surface area contributed by atoms with Gasteiger partial charge < -0.3 is 19.9 Å². The van der Waals surface area contributed by atoms with Crippen molar-refractivity contribution in [2.75, 3.05) is 33.5 Å². The summed E-state index contributed by atoms with van der Waals surface area (Å²) >= 11 is 0. The van der Waals surface area contributed by atoms with Crippen molar-refractivity contribution in [3.63, 3.8) is 0 Å². The van der Waals surface area contributed by atoms with E-state index in [-0.39, 0.29) is 12.8 Å². The van der Waals surface area contributed by atoms with E-state index >= 15 is 0 Å². The Balaban J connectivity index is 2.38. The highest BCUT2D eigenvalue weighted by Crippen LogP contribution is 2.43. The van der Waals surface area contributed by atoms with Gasteiger partial charge in [0.2, 0.25) is 12.5 Å². The van der Waals surface area contributed by atoms with E-state index in [2.05, 4.69) is 18.7 Å². The van der Waals surface area contributed by atoms with Gasteiger partial charge in [0.05, 0.1) is 7.11 Å². The average molecular weight is 266 g/mol. The molecular weight excluding hydrogens is 244 g/mol. The molecule has 2 rings (SSSR count). The number of nitrogens with two attached hydrogens (primary N) is 1. The molecule has 1 aliphatic heterocycles. The quantitative estimate of drug-likeness (QED) is 0.850. The Labute approximate surface area is 114 Å². The summed E-state index contributed by atoms with van der Waals surface area (Å²) in [6, 6.07) is 4.16. The summed E-state index contributed by atoms with van der Waals surface area (Å²) in [7, 11) is 1.63. The summed E-state index contributed by atoms with van der Waals surface area (Å²) in [6.45, 7) is 6.98. The SMILES string of the molecule is CCN(CC)C(CN)c1cc(OC)c2c(c1)OCO2. The molecule has 2 N–H and O–H groups in total. The van der Waals surface area contributed by atoms with Crippen LogP contribution in [0.4, 0.5) is 0 Å². The molecule has 0 saturated carbocycles. The van der Waals surface area contributed by atoms with Crippen molar-refractivity contribution in [2.24, 2.45) is 5.73 Å². The van der Waals surface area contributed by atoms with Gasteiger partial charge in [-0.25, -0.2) is 0 Å². The van der Waals surface area contributed by atoms with Crippen molar-refractivity contribution in [3.05, 3.63) is 17.7 Å². The highest BCUT2D eigenvalue weighted by Gasteiger charge is 2.24. The molecule has 0 amide bonds. The molecule has 1 unspecified atom stereocenters. The predicted octanol–water partition coefficient (Wildman–Crippen LogP) is 1.77. The van der Waals surface area contributed by atoms with Crippen molar-refractivity contribution in [1.82, 2.24) is 4.90 Å². The second-order valence-electron chi connectivity index (χ2n) is 4.43. The van der Waals surface area contributed by atoms with Gasteiger partial charge in [-0.3, -0.25) is 4.90 Å². The number of ether oxygens (including phenoxy) is 3. The summed E-state index contributed by atoms with van der Waals surface area (Å²) in [5.74, 6) is 2.12. The van der Waals surface area contributed by atoms with E-state index in [1.54, 1.807) is 7.11 Å². The number of fused-ring (bicyclic) bond motifs is 1. The van der Waals surface area contributed by atoms with E-state index in [9.17, 15) is 0 Å². The number of hydrogen-bond donors (Lipinski definition) is 1. The van der Waals surface area contributed by atoms with Crippen molar-refractivity contribution in [1.29, 1.82) is 0 Å². The number of nitrogens with zero attached hydrogens (tertiary/aromatic N) is 1. The number of benzene rings is 1. The third kappa shape index (κ3) is 2.62. The van der Waals surface area contributed by atoms with Gasteiger partial charge in [0, 0.05) is 12.6 Å². The van der Waals surface area contributed by atoms with Crippen LogP contribution in [0.2, 0.25) is 0 Å². The molecule has 0 radical (unpaired) electrons. The summed E-state index contributed by atoms with van der Waals surface area (Å²) in [5, 5.41) is 0. The first-order valence-corrected chi connectivity index (χ1v) is 6.66. The Kier molecular flexibility index (Phi) is 4.50. The highest BCUT2D eigenvalue weighted by atomic mass is 16.7. The van der Waals surface area contributed by atoms with Crippen LogP contribution in [-0.2, 0) is 0 Å². The fraction of sp³-hybridized carbons (Fsp3) is 0.571. The molecular formula is C14H22N2O3. The Bertz CT molecular complexity index is 433. The molecule has 1 atom stereocenters. The van der Waals surface area contributed by atoms with E-state index in [1.165, 1.54) is 0 Å². The van der Waals surface area contributed by atoms with E-state index in [4.69, 9.17) is 19.9 Å². The van der Waals surface area contributed by atoms with Crippen molar-refractivity contribution < 1.29 is 14.2 Å². The number of methoxy groups -OCH3 is 1. The molecule has 0 fully saturated rings. The Morgan fingerprint density at radius 2 is 2.05 bits per heavy atom. The largest absolute Gasteiger partial charge is 0.493 e. The van der Waals surface area contributed by atoms with Crippen molar-refractivity contribution in [2.45, 2.75) is 19.9 Å². The molecule has 0 aliphatic carbocycles. The normalized spacial score (nSPS) is 14.8. The van der Waals surface area contributed by atoms with E-state index in [1.807, 2.05) is 12.1 Å². The fourth-order valence-electron chi connectivity index (χ4n) is 2.50. The molecule has 5 nitrogen and oxygen atoms in total. The van der Waals surface area contributed by atoms with Gasteiger partial charge in [-0.2, -0.15) is 0 Å². The molecule has 1 aromatic carbocycles.